The lowest BCUT2D eigenvalue weighted by molar-refractivity contribution is -0.118. The van der Waals surface area contributed by atoms with E-state index in [-0.39, 0.29) is 11.9 Å². The number of ether oxygens (including phenoxy) is 1. The lowest BCUT2D eigenvalue weighted by atomic mass is 10.1. The normalized spacial score (nSPS) is 11.8. The molecule has 1 aromatic rings. The van der Waals surface area contributed by atoms with Gasteiger partial charge >= 0.3 is 0 Å². The van der Waals surface area contributed by atoms with Crippen LogP contribution in [0.2, 0.25) is 0 Å². The van der Waals surface area contributed by atoms with Crippen LogP contribution in [-0.2, 0) is 11.3 Å². The molecule has 0 aliphatic rings. The molecule has 0 saturated heterocycles. The Bertz CT molecular complexity index is 405. The molecule has 0 fully saturated rings. The summed E-state index contributed by atoms with van der Waals surface area (Å²) in [4.78, 5) is 10.8. The molecule has 4 nitrogen and oxygen atoms in total. The third-order valence-corrected chi connectivity index (χ3v) is 2.48. The molecule has 98 valence electrons. The van der Waals surface area contributed by atoms with Gasteiger partial charge < -0.3 is 15.8 Å². The maximum atomic E-state index is 10.8. The maximum Gasteiger partial charge on any atom is 0.218 e. The molecule has 0 saturated carbocycles. The molecule has 1 aromatic carbocycles. The molecule has 0 bridgehead atoms. The number of rotatable bonds is 8. The molecule has 1 atom stereocenters. The van der Waals surface area contributed by atoms with E-state index >= 15 is 0 Å². The first-order valence-corrected chi connectivity index (χ1v) is 5.96. The zero-order valence-electron chi connectivity index (χ0n) is 10.7. The van der Waals surface area contributed by atoms with E-state index in [0.717, 1.165) is 11.3 Å². The molecule has 0 radical (unpaired) electrons. The highest BCUT2D eigenvalue weighted by atomic mass is 16.5. The quantitative estimate of drug-likeness (QED) is 0.687. The van der Waals surface area contributed by atoms with Crippen molar-refractivity contribution in [1.82, 2.24) is 5.32 Å². The minimum Gasteiger partial charge on any atom is -0.489 e. The Hall–Kier alpha value is -1.81. The molecule has 18 heavy (non-hydrogen) atoms. The minimum atomic E-state index is -0.300. The first-order chi connectivity index (χ1) is 8.63. The van der Waals surface area contributed by atoms with Crippen LogP contribution in [-0.4, -0.2) is 18.6 Å². The van der Waals surface area contributed by atoms with Crippen molar-refractivity contribution >= 4 is 5.91 Å². The van der Waals surface area contributed by atoms with Crippen molar-refractivity contribution in [3.8, 4) is 5.75 Å². The molecule has 0 spiro atoms. The number of nitrogens with two attached hydrogens (primary N) is 1. The number of primary amides is 1. The Morgan fingerprint density at radius 1 is 1.56 bits per heavy atom. The fraction of sp³-hybridized carbons (Fsp3) is 0.357. The monoisotopic (exact) mass is 248 g/mol. The van der Waals surface area contributed by atoms with Crippen LogP contribution in [0.15, 0.2) is 36.9 Å². The third-order valence-electron chi connectivity index (χ3n) is 2.48. The van der Waals surface area contributed by atoms with Crippen LogP contribution in [0, 0.1) is 0 Å². The second-order valence-electron chi connectivity index (χ2n) is 4.16. The van der Waals surface area contributed by atoms with Crippen LogP contribution < -0.4 is 15.8 Å². The summed E-state index contributed by atoms with van der Waals surface area (Å²) in [5.74, 6) is 0.530. The predicted molar refractivity (Wildman–Crippen MR) is 72.2 cm³/mol. The fourth-order valence-corrected chi connectivity index (χ4v) is 1.60. The van der Waals surface area contributed by atoms with Gasteiger partial charge in [-0.3, -0.25) is 4.79 Å². The van der Waals surface area contributed by atoms with Gasteiger partial charge in [-0.2, -0.15) is 0 Å². The van der Waals surface area contributed by atoms with Crippen molar-refractivity contribution in [3.05, 3.63) is 42.5 Å². The van der Waals surface area contributed by atoms with Gasteiger partial charge in [-0.25, -0.2) is 0 Å². The molecule has 3 N–H and O–H groups in total. The predicted octanol–water partition coefficient (Wildman–Crippen LogP) is 1.60. The van der Waals surface area contributed by atoms with Crippen LogP contribution in [0.4, 0.5) is 0 Å². The van der Waals surface area contributed by atoms with Gasteiger partial charge in [0.1, 0.15) is 12.4 Å². The SMILES string of the molecule is C=CCOc1ccccc1CNC(C)CC(N)=O. The van der Waals surface area contributed by atoms with E-state index in [1.165, 1.54) is 0 Å². The fourth-order valence-electron chi connectivity index (χ4n) is 1.60. The van der Waals surface area contributed by atoms with Crippen molar-refractivity contribution in [2.45, 2.75) is 25.9 Å². The van der Waals surface area contributed by atoms with Gasteiger partial charge in [0.05, 0.1) is 0 Å². The van der Waals surface area contributed by atoms with Crippen LogP contribution in [0.25, 0.3) is 0 Å². The molecule has 0 aromatic heterocycles. The number of para-hydroxylation sites is 1. The topological polar surface area (TPSA) is 64.3 Å². The van der Waals surface area contributed by atoms with Gasteiger partial charge in [-0.1, -0.05) is 30.9 Å². The van der Waals surface area contributed by atoms with Crippen LogP contribution in [0.5, 0.6) is 5.75 Å². The summed E-state index contributed by atoms with van der Waals surface area (Å²) in [6.07, 6.45) is 2.04. The summed E-state index contributed by atoms with van der Waals surface area (Å²) in [5, 5.41) is 3.24. The Balaban J connectivity index is 2.55. The van der Waals surface area contributed by atoms with E-state index in [0.29, 0.717) is 19.6 Å². The van der Waals surface area contributed by atoms with Crippen LogP contribution in [0.1, 0.15) is 18.9 Å². The van der Waals surface area contributed by atoms with E-state index in [4.69, 9.17) is 10.5 Å². The molecule has 1 rings (SSSR count). The average molecular weight is 248 g/mol. The minimum absolute atomic E-state index is 0.0509. The average Bonchev–Trinajstić information content (AvgIpc) is 2.34. The Kier molecular flexibility index (Phi) is 5.94. The van der Waals surface area contributed by atoms with Gasteiger partial charge in [-0.05, 0) is 13.0 Å². The van der Waals surface area contributed by atoms with Crippen molar-refractivity contribution in [1.29, 1.82) is 0 Å². The Morgan fingerprint density at radius 2 is 2.28 bits per heavy atom. The van der Waals surface area contributed by atoms with Gasteiger partial charge in [0.2, 0.25) is 5.91 Å². The summed E-state index contributed by atoms with van der Waals surface area (Å²) < 4.78 is 5.55. The maximum absolute atomic E-state index is 10.8. The van der Waals surface area contributed by atoms with E-state index < -0.39 is 0 Å². The molecular formula is C14H20N2O2. The Morgan fingerprint density at radius 3 is 2.94 bits per heavy atom. The highest BCUT2D eigenvalue weighted by molar-refractivity contribution is 5.74. The number of hydrogen-bond donors (Lipinski definition) is 2. The summed E-state index contributed by atoms with van der Waals surface area (Å²) in [7, 11) is 0. The van der Waals surface area contributed by atoms with Gasteiger partial charge in [0.25, 0.3) is 0 Å². The lowest BCUT2D eigenvalue weighted by Crippen LogP contribution is -2.30. The largest absolute Gasteiger partial charge is 0.489 e. The second kappa shape index (κ2) is 7.50. The summed E-state index contributed by atoms with van der Waals surface area (Å²) in [6.45, 7) is 6.67. The highest BCUT2D eigenvalue weighted by Gasteiger charge is 2.07. The lowest BCUT2D eigenvalue weighted by Gasteiger charge is -2.14. The molecule has 0 heterocycles. The number of carbonyl (C=O) groups is 1. The molecule has 0 aliphatic heterocycles. The number of benzene rings is 1. The number of hydrogen-bond acceptors (Lipinski definition) is 3. The Labute approximate surface area is 108 Å². The van der Waals surface area contributed by atoms with Crippen molar-refractivity contribution in [3.63, 3.8) is 0 Å². The van der Waals surface area contributed by atoms with E-state index in [9.17, 15) is 4.79 Å². The zero-order chi connectivity index (χ0) is 13.4. The van der Waals surface area contributed by atoms with Crippen LogP contribution in [0.3, 0.4) is 0 Å². The molecule has 1 unspecified atom stereocenters. The molecule has 0 aliphatic carbocycles. The summed E-state index contributed by atoms with van der Waals surface area (Å²) in [6, 6.07) is 7.84. The number of amides is 1. The van der Waals surface area contributed by atoms with Crippen molar-refractivity contribution in [2.75, 3.05) is 6.61 Å². The van der Waals surface area contributed by atoms with E-state index in [1.807, 2.05) is 31.2 Å². The third kappa shape index (κ3) is 5.01. The summed E-state index contributed by atoms with van der Waals surface area (Å²) >= 11 is 0. The molecule has 4 heteroatoms. The molecular weight excluding hydrogens is 228 g/mol. The standard InChI is InChI=1S/C14H20N2O2/c1-3-8-18-13-7-5-4-6-12(13)10-16-11(2)9-14(15)17/h3-7,11,16H,1,8-10H2,2H3,(H2,15,17). The van der Waals surface area contributed by atoms with Gasteiger partial charge in [0, 0.05) is 24.6 Å². The van der Waals surface area contributed by atoms with Crippen molar-refractivity contribution < 1.29 is 9.53 Å². The highest BCUT2D eigenvalue weighted by Crippen LogP contribution is 2.17. The van der Waals surface area contributed by atoms with Crippen LogP contribution >= 0.6 is 0 Å². The van der Waals surface area contributed by atoms with E-state index in [2.05, 4.69) is 11.9 Å². The second-order valence-corrected chi connectivity index (χ2v) is 4.16. The van der Waals surface area contributed by atoms with Crippen molar-refractivity contribution in [2.24, 2.45) is 5.73 Å². The zero-order valence-corrected chi connectivity index (χ0v) is 10.7. The van der Waals surface area contributed by atoms with E-state index in [1.54, 1.807) is 6.08 Å². The summed E-state index contributed by atoms with van der Waals surface area (Å²) in [5.41, 5.74) is 6.19. The molecule has 1 amide bonds. The first kappa shape index (κ1) is 14.3. The smallest absolute Gasteiger partial charge is 0.218 e. The first-order valence-electron chi connectivity index (χ1n) is 5.96. The number of carbonyl (C=O) groups excluding carboxylic acids is 1. The van der Waals surface area contributed by atoms with Gasteiger partial charge in [-0.15, -0.1) is 0 Å². The van der Waals surface area contributed by atoms with Gasteiger partial charge in [0.15, 0.2) is 0 Å². The number of nitrogens with one attached hydrogen (secondary N) is 1.